The molecule has 2 aromatic carbocycles. The van der Waals surface area contributed by atoms with Gasteiger partial charge in [-0.3, -0.25) is 4.99 Å². The van der Waals surface area contributed by atoms with E-state index in [1.807, 2.05) is 18.2 Å². The summed E-state index contributed by atoms with van der Waals surface area (Å²) in [5.74, 6) is 0.467. The van der Waals surface area contributed by atoms with Gasteiger partial charge in [-0.05, 0) is 55.9 Å². The Balaban J connectivity index is 0.000000277. The summed E-state index contributed by atoms with van der Waals surface area (Å²) in [5, 5.41) is 0. The lowest BCUT2D eigenvalue weighted by Gasteiger charge is -2.11. The average Bonchev–Trinajstić information content (AvgIpc) is 2.57. The summed E-state index contributed by atoms with van der Waals surface area (Å²) >= 11 is 0. The molecule has 0 heterocycles. The molecule has 2 aromatic rings. The third-order valence-electron chi connectivity index (χ3n) is 4.20. The minimum atomic E-state index is 0.467. The maximum atomic E-state index is 5.72. The third-order valence-corrected chi connectivity index (χ3v) is 4.20. The maximum Gasteiger partial charge on any atom is 0.0658 e. The summed E-state index contributed by atoms with van der Waals surface area (Å²) in [5.41, 5.74) is 11.8. The molecule has 0 saturated carbocycles. The molecule has 0 bridgehead atoms. The Bertz CT molecular complexity index is 608. The van der Waals surface area contributed by atoms with Gasteiger partial charge in [0.2, 0.25) is 0 Å². The number of benzene rings is 2. The first-order valence-corrected chi connectivity index (χ1v) is 8.35. The van der Waals surface area contributed by atoms with Crippen LogP contribution in [0.1, 0.15) is 37.0 Å². The van der Waals surface area contributed by atoms with Gasteiger partial charge < -0.3 is 5.73 Å². The van der Waals surface area contributed by atoms with Crippen molar-refractivity contribution in [2.45, 2.75) is 41.0 Å². The van der Waals surface area contributed by atoms with Crippen LogP contribution >= 0.6 is 0 Å². The molecule has 0 aliphatic heterocycles. The van der Waals surface area contributed by atoms with Crippen molar-refractivity contribution in [2.24, 2.45) is 16.6 Å². The SMILES string of the molecule is CCC(C)C(CN)=Nc1ccccc1C.Cc1ccccc1C. The van der Waals surface area contributed by atoms with Gasteiger partial charge in [0.15, 0.2) is 0 Å². The van der Waals surface area contributed by atoms with Crippen LogP contribution in [0.15, 0.2) is 53.5 Å². The molecule has 2 rings (SSSR count). The second-order valence-corrected chi connectivity index (χ2v) is 5.99. The van der Waals surface area contributed by atoms with E-state index in [9.17, 15) is 0 Å². The van der Waals surface area contributed by atoms with E-state index in [4.69, 9.17) is 5.73 Å². The van der Waals surface area contributed by atoms with Crippen molar-refractivity contribution < 1.29 is 0 Å². The van der Waals surface area contributed by atoms with Crippen LogP contribution in [0.2, 0.25) is 0 Å². The van der Waals surface area contributed by atoms with Crippen molar-refractivity contribution in [3.63, 3.8) is 0 Å². The fourth-order valence-corrected chi connectivity index (χ4v) is 2.10. The lowest BCUT2D eigenvalue weighted by Crippen LogP contribution is -2.20. The van der Waals surface area contributed by atoms with Crippen LogP contribution in [-0.4, -0.2) is 12.3 Å². The first kappa shape index (κ1) is 19.1. The zero-order valence-corrected chi connectivity index (χ0v) is 15.1. The summed E-state index contributed by atoms with van der Waals surface area (Å²) in [7, 11) is 0. The van der Waals surface area contributed by atoms with E-state index in [1.165, 1.54) is 16.7 Å². The Hall–Kier alpha value is -1.93. The molecule has 0 spiro atoms. The van der Waals surface area contributed by atoms with Crippen molar-refractivity contribution in [3.8, 4) is 0 Å². The molecule has 2 N–H and O–H groups in total. The van der Waals surface area contributed by atoms with E-state index in [2.05, 4.69) is 69.9 Å². The first-order chi connectivity index (χ1) is 11.0. The van der Waals surface area contributed by atoms with E-state index >= 15 is 0 Å². The van der Waals surface area contributed by atoms with Crippen LogP contribution in [0.25, 0.3) is 0 Å². The molecule has 124 valence electrons. The summed E-state index contributed by atoms with van der Waals surface area (Å²) in [6.07, 6.45) is 1.09. The van der Waals surface area contributed by atoms with Crippen molar-refractivity contribution in [2.75, 3.05) is 6.54 Å². The minimum absolute atomic E-state index is 0.467. The van der Waals surface area contributed by atoms with E-state index in [-0.39, 0.29) is 0 Å². The number of para-hydroxylation sites is 1. The predicted molar refractivity (Wildman–Crippen MR) is 103 cm³/mol. The van der Waals surface area contributed by atoms with Crippen molar-refractivity contribution >= 4 is 11.4 Å². The van der Waals surface area contributed by atoms with Crippen molar-refractivity contribution in [3.05, 3.63) is 65.2 Å². The Morgan fingerprint density at radius 3 is 1.78 bits per heavy atom. The number of aryl methyl sites for hydroxylation is 3. The van der Waals surface area contributed by atoms with Crippen LogP contribution < -0.4 is 5.73 Å². The minimum Gasteiger partial charge on any atom is -0.325 e. The summed E-state index contributed by atoms with van der Waals surface area (Å²) < 4.78 is 0. The van der Waals surface area contributed by atoms with Crippen LogP contribution in [0, 0.1) is 26.7 Å². The smallest absolute Gasteiger partial charge is 0.0658 e. The van der Waals surface area contributed by atoms with Gasteiger partial charge in [-0.1, -0.05) is 56.3 Å². The highest BCUT2D eigenvalue weighted by molar-refractivity contribution is 5.90. The van der Waals surface area contributed by atoms with Gasteiger partial charge in [-0.2, -0.15) is 0 Å². The lowest BCUT2D eigenvalue weighted by atomic mass is 10.0. The number of nitrogens with two attached hydrogens (primary N) is 1. The van der Waals surface area contributed by atoms with Gasteiger partial charge in [0.1, 0.15) is 0 Å². The van der Waals surface area contributed by atoms with Gasteiger partial charge in [0.05, 0.1) is 5.69 Å². The van der Waals surface area contributed by atoms with Crippen molar-refractivity contribution in [1.82, 2.24) is 0 Å². The van der Waals surface area contributed by atoms with E-state index < -0.39 is 0 Å². The van der Waals surface area contributed by atoms with E-state index in [0.717, 1.165) is 17.8 Å². The molecule has 0 aromatic heterocycles. The summed E-state index contributed by atoms with van der Waals surface area (Å²) in [6, 6.07) is 16.5. The molecule has 0 saturated heterocycles. The number of hydrogen-bond donors (Lipinski definition) is 1. The Morgan fingerprint density at radius 2 is 1.39 bits per heavy atom. The fourth-order valence-electron chi connectivity index (χ4n) is 2.10. The van der Waals surface area contributed by atoms with E-state index in [0.29, 0.717) is 12.5 Å². The first-order valence-electron chi connectivity index (χ1n) is 8.35. The van der Waals surface area contributed by atoms with Gasteiger partial charge in [0, 0.05) is 12.3 Å². The number of rotatable bonds is 4. The molecule has 1 unspecified atom stereocenters. The molecule has 23 heavy (non-hydrogen) atoms. The molecular formula is C21H30N2. The quantitative estimate of drug-likeness (QED) is 0.757. The average molecular weight is 310 g/mol. The highest BCUT2D eigenvalue weighted by atomic mass is 14.8. The molecule has 0 aliphatic carbocycles. The normalized spacial score (nSPS) is 12.3. The summed E-state index contributed by atoms with van der Waals surface area (Å²) in [6.45, 7) is 11.2. The lowest BCUT2D eigenvalue weighted by molar-refractivity contribution is 0.729. The maximum absolute atomic E-state index is 5.72. The highest BCUT2D eigenvalue weighted by Crippen LogP contribution is 2.19. The zero-order valence-electron chi connectivity index (χ0n) is 15.1. The van der Waals surface area contributed by atoms with Gasteiger partial charge in [0.25, 0.3) is 0 Å². The Kier molecular flexibility index (Phi) is 8.28. The third kappa shape index (κ3) is 6.37. The largest absolute Gasteiger partial charge is 0.325 e. The Labute approximate surface area is 141 Å². The van der Waals surface area contributed by atoms with Crippen LogP contribution in [-0.2, 0) is 0 Å². The van der Waals surface area contributed by atoms with Gasteiger partial charge >= 0.3 is 0 Å². The van der Waals surface area contributed by atoms with Crippen LogP contribution in [0.4, 0.5) is 5.69 Å². The van der Waals surface area contributed by atoms with Crippen molar-refractivity contribution in [1.29, 1.82) is 0 Å². The standard InChI is InChI=1S/C13H20N2.C8H10/c1-4-10(2)13(9-14)15-12-8-6-5-7-11(12)3;1-7-5-3-4-6-8(7)2/h5-8,10H,4,9,14H2,1-3H3;3-6H,1-2H3. The fraction of sp³-hybridized carbons (Fsp3) is 0.381. The number of hydrogen-bond acceptors (Lipinski definition) is 2. The molecule has 0 amide bonds. The predicted octanol–water partition coefficient (Wildman–Crippen LogP) is 5.38. The van der Waals surface area contributed by atoms with E-state index in [1.54, 1.807) is 0 Å². The van der Waals surface area contributed by atoms with Crippen LogP contribution in [0.5, 0.6) is 0 Å². The monoisotopic (exact) mass is 310 g/mol. The second-order valence-electron chi connectivity index (χ2n) is 5.99. The molecular weight excluding hydrogens is 280 g/mol. The van der Waals surface area contributed by atoms with Gasteiger partial charge in [-0.25, -0.2) is 0 Å². The second kappa shape index (κ2) is 9.96. The highest BCUT2D eigenvalue weighted by Gasteiger charge is 2.07. The summed E-state index contributed by atoms with van der Waals surface area (Å²) in [4.78, 5) is 4.64. The Morgan fingerprint density at radius 1 is 0.913 bits per heavy atom. The molecule has 0 radical (unpaired) electrons. The topological polar surface area (TPSA) is 38.4 Å². The molecule has 0 fully saturated rings. The molecule has 2 nitrogen and oxygen atoms in total. The molecule has 0 aliphatic rings. The van der Waals surface area contributed by atoms with Gasteiger partial charge in [-0.15, -0.1) is 0 Å². The van der Waals surface area contributed by atoms with Crippen LogP contribution in [0.3, 0.4) is 0 Å². The zero-order chi connectivity index (χ0) is 17.2. The number of aliphatic imine (C=N–C) groups is 1. The molecule has 2 heteroatoms. The molecule has 1 atom stereocenters. The number of nitrogens with zero attached hydrogens (tertiary/aromatic N) is 1.